The summed E-state index contributed by atoms with van der Waals surface area (Å²) in [4.78, 5) is 2.46. The summed E-state index contributed by atoms with van der Waals surface area (Å²) in [5.41, 5.74) is 19.1. The van der Waals surface area contributed by atoms with Gasteiger partial charge >= 0.3 is 0 Å². The number of nitrogens with zero attached hydrogens (tertiary/aromatic N) is 1. The van der Waals surface area contributed by atoms with Crippen molar-refractivity contribution in [2.45, 2.75) is 12.3 Å². The van der Waals surface area contributed by atoms with Crippen LogP contribution >= 0.6 is 0 Å². The maximum Gasteiger partial charge on any atom is 0.0543 e. The molecule has 1 unspecified atom stereocenters. The fourth-order valence-corrected chi connectivity index (χ4v) is 9.58. The molecule has 11 rings (SSSR count). The zero-order valence-corrected chi connectivity index (χ0v) is 34.0. The average molecular weight is 778 g/mol. The SMILES string of the molecule is CC1(c2ccccc2)c2ccccc2-c2c(N(c3ccc(-c4cccc(-c5ccccc5)c4)cc3)c3cccc(-c4ccc(-c5ccc6ccccc6c5)cc4)c3)cccc21. The van der Waals surface area contributed by atoms with Crippen molar-refractivity contribution < 1.29 is 0 Å². The van der Waals surface area contributed by atoms with Crippen LogP contribution in [0.1, 0.15) is 23.6 Å². The van der Waals surface area contributed by atoms with Crippen LogP contribution in [-0.4, -0.2) is 0 Å². The Morgan fingerprint density at radius 3 is 1.52 bits per heavy atom. The second-order valence-electron chi connectivity index (χ2n) is 16.3. The van der Waals surface area contributed by atoms with Crippen LogP contribution in [0.25, 0.3) is 66.4 Å². The van der Waals surface area contributed by atoms with Crippen LogP contribution in [0.3, 0.4) is 0 Å². The fourth-order valence-electron chi connectivity index (χ4n) is 9.58. The molecule has 1 atom stereocenters. The summed E-state index contributed by atoms with van der Waals surface area (Å²) in [7, 11) is 0. The van der Waals surface area contributed by atoms with Gasteiger partial charge < -0.3 is 4.90 Å². The maximum atomic E-state index is 2.46. The highest BCUT2D eigenvalue weighted by Gasteiger charge is 2.42. The van der Waals surface area contributed by atoms with E-state index in [4.69, 9.17) is 0 Å². The molecule has 0 heterocycles. The summed E-state index contributed by atoms with van der Waals surface area (Å²) in [6, 6.07) is 88.7. The molecule has 0 saturated heterocycles. The molecule has 0 radical (unpaired) electrons. The van der Waals surface area contributed by atoms with Gasteiger partial charge in [0, 0.05) is 22.4 Å². The Labute approximate surface area is 358 Å². The summed E-state index contributed by atoms with van der Waals surface area (Å²) in [5.74, 6) is 0. The lowest BCUT2D eigenvalue weighted by Gasteiger charge is -2.31. The number of fused-ring (bicyclic) bond motifs is 4. The van der Waals surface area contributed by atoms with Gasteiger partial charge in [-0.3, -0.25) is 0 Å². The van der Waals surface area contributed by atoms with E-state index >= 15 is 0 Å². The molecule has 0 bridgehead atoms. The molecule has 1 aliphatic rings. The highest BCUT2D eigenvalue weighted by atomic mass is 15.1. The third-order valence-electron chi connectivity index (χ3n) is 12.7. The third-order valence-corrected chi connectivity index (χ3v) is 12.7. The van der Waals surface area contributed by atoms with Gasteiger partial charge in [0.05, 0.1) is 5.69 Å². The monoisotopic (exact) mass is 777 g/mol. The van der Waals surface area contributed by atoms with Crippen LogP contribution in [0, 0.1) is 0 Å². The number of hydrogen-bond acceptors (Lipinski definition) is 1. The normalized spacial score (nSPS) is 14.0. The van der Waals surface area contributed by atoms with Crippen molar-refractivity contribution in [2.24, 2.45) is 0 Å². The van der Waals surface area contributed by atoms with E-state index in [1.165, 1.54) is 83.1 Å². The Balaban J connectivity index is 1.04. The summed E-state index contributed by atoms with van der Waals surface area (Å²) in [6.07, 6.45) is 0. The molecule has 1 nitrogen and oxygen atoms in total. The third kappa shape index (κ3) is 6.43. The Bertz CT molecular complexity index is 3180. The van der Waals surface area contributed by atoms with Gasteiger partial charge in [0.2, 0.25) is 0 Å². The van der Waals surface area contributed by atoms with E-state index in [0.29, 0.717) is 0 Å². The molecular weight excluding hydrogens is 735 g/mol. The molecule has 1 heteroatoms. The highest BCUT2D eigenvalue weighted by molar-refractivity contribution is 5.97. The summed E-state index contributed by atoms with van der Waals surface area (Å²) < 4.78 is 0. The van der Waals surface area contributed by atoms with Gasteiger partial charge in [-0.25, -0.2) is 0 Å². The van der Waals surface area contributed by atoms with Gasteiger partial charge in [-0.05, 0) is 127 Å². The number of anilines is 3. The van der Waals surface area contributed by atoms with E-state index in [1.807, 2.05) is 0 Å². The lowest BCUT2D eigenvalue weighted by atomic mass is 9.74. The Hall–Kier alpha value is -7.74. The van der Waals surface area contributed by atoms with Crippen LogP contribution in [0.4, 0.5) is 17.1 Å². The molecule has 10 aromatic carbocycles. The smallest absolute Gasteiger partial charge is 0.0543 e. The number of benzene rings is 10. The van der Waals surface area contributed by atoms with Crippen molar-refractivity contribution in [1.29, 1.82) is 0 Å². The van der Waals surface area contributed by atoms with E-state index in [2.05, 4.69) is 254 Å². The van der Waals surface area contributed by atoms with Gasteiger partial charge in [0.25, 0.3) is 0 Å². The van der Waals surface area contributed by atoms with Crippen LogP contribution < -0.4 is 4.90 Å². The summed E-state index contributed by atoms with van der Waals surface area (Å²) in [5, 5.41) is 2.51. The minimum absolute atomic E-state index is 0.308. The Morgan fingerprint density at radius 1 is 0.311 bits per heavy atom. The minimum Gasteiger partial charge on any atom is -0.310 e. The van der Waals surface area contributed by atoms with E-state index in [-0.39, 0.29) is 5.41 Å². The molecule has 0 aromatic heterocycles. The van der Waals surface area contributed by atoms with Crippen molar-refractivity contribution in [3.63, 3.8) is 0 Å². The van der Waals surface area contributed by atoms with Gasteiger partial charge in [0.1, 0.15) is 0 Å². The minimum atomic E-state index is -0.308. The number of rotatable bonds is 8. The van der Waals surface area contributed by atoms with Gasteiger partial charge in [-0.2, -0.15) is 0 Å². The van der Waals surface area contributed by atoms with E-state index in [9.17, 15) is 0 Å². The summed E-state index contributed by atoms with van der Waals surface area (Å²) >= 11 is 0. The lowest BCUT2D eigenvalue weighted by Crippen LogP contribution is -2.22. The Kier molecular flexibility index (Phi) is 9.02. The van der Waals surface area contributed by atoms with Gasteiger partial charge in [-0.1, -0.05) is 200 Å². The molecule has 10 aromatic rings. The first-order valence-electron chi connectivity index (χ1n) is 21.2. The topological polar surface area (TPSA) is 3.24 Å². The van der Waals surface area contributed by atoms with Crippen molar-refractivity contribution >= 4 is 27.8 Å². The second kappa shape index (κ2) is 15.1. The molecule has 1 aliphatic carbocycles. The molecule has 0 spiro atoms. The van der Waals surface area contributed by atoms with Crippen LogP contribution in [0.2, 0.25) is 0 Å². The van der Waals surface area contributed by atoms with Crippen molar-refractivity contribution in [2.75, 3.05) is 4.90 Å². The van der Waals surface area contributed by atoms with Crippen molar-refractivity contribution in [3.05, 3.63) is 259 Å². The second-order valence-corrected chi connectivity index (χ2v) is 16.3. The van der Waals surface area contributed by atoms with Crippen LogP contribution in [0.5, 0.6) is 0 Å². The Morgan fingerprint density at radius 2 is 0.803 bits per heavy atom. The molecule has 0 aliphatic heterocycles. The van der Waals surface area contributed by atoms with E-state index in [1.54, 1.807) is 0 Å². The highest BCUT2D eigenvalue weighted by Crippen LogP contribution is 2.56. The molecule has 0 amide bonds. The van der Waals surface area contributed by atoms with Gasteiger partial charge in [0.15, 0.2) is 0 Å². The molecular formula is C60H43N. The first kappa shape index (κ1) is 36.3. The van der Waals surface area contributed by atoms with Crippen LogP contribution in [0.15, 0.2) is 243 Å². The van der Waals surface area contributed by atoms with Crippen molar-refractivity contribution in [3.8, 4) is 55.6 Å². The van der Waals surface area contributed by atoms with E-state index in [0.717, 1.165) is 17.1 Å². The predicted molar refractivity (Wildman–Crippen MR) is 258 cm³/mol. The molecule has 0 fully saturated rings. The van der Waals surface area contributed by atoms with Crippen molar-refractivity contribution in [1.82, 2.24) is 0 Å². The average Bonchev–Trinajstić information content (AvgIpc) is 3.61. The zero-order valence-electron chi connectivity index (χ0n) is 34.0. The molecule has 288 valence electrons. The van der Waals surface area contributed by atoms with Gasteiger partial charge in [-0.15, -0.1) is 0 Å². The van der Waals surface area contributed by atoms with Crippen LogP contribution in [-0.2, 0) is 5.41 Å². The molecule has 0 N–H and O–H groups in total. The maximum absolute atomic E-state index is 2.46. The molecule has 61 heavy (non-hydrogen) atoms. The van der Waals surface area contributed by atoms with E-state index < -0.39 is 0 Å². The predicted octanol–water partition coefficient (Wildman–Crippen LogP) is 16.3. The first-order chi connectivity index (χ1) is 30.1. The summed E-state index contributed by atoms with van der Waals surface area (Å²) in [6.45, 7) is 2.39. The number of hydrogen-bond donors (Lipinski definition) is 0. The standard InChI is InChI=1S/C60H43N/c1-60(52-22-6-3-7-23-52)56-26-11-10-25-55(56)59-57(60)27-14-28-58(59)61(53-37-35-46(36-38-53)49-20-12-19-48(39-49)42-15-4-2-5-16-42)54-24-13-21-50(41-54)44-29-31-45(32-30-44)51-34-33-43-17-8-9-18-47(43)40-51/h2-41H,1H3. The lowest BCUT2D eigenvalue weighted by molar-refractivity contribution is 0.714. The largest absolute Gasteiger partial charge is 0.310 e. The molecule has 0 saturated carbocycles. The fraction of sp³-hybridized carbons (Fsp3) is 0.0333. The zero-order chi connectivity index (χ0) is 40.8. The quantitative estimate of drug-likeness (QED) is 0.149. The first-order valence-corrected chi connectivity index (χ1v) is 21.2.